The Morgan fingerprint density at radius 2 is 1.81 bits per heavy atom. The highest BCUT2D eigenvalue weighted by molar-refractivity contribution is 7.09. The van der Waals surface area contributed by atoms with Crippen molar-refractivity contribution in [1.82, 2.24) is 15.6 Å². The fraction of sp³-hybridized carbons (Fsp3) is 0.333. The Kier molecular flexibility index (Phi) is 8.29. The summed E-state index contributed by atoms with van der Waals surface area (Å²) < 4.78 is 11.5. The first kappa shape index (κ1) is 22.6. The monoisotopic (exact) mass is 438 g/mol. The van der Waals surface area contributed by atoms with Crippen LogP contribution in [0.2, 0.25) is 0 Å². The fourth-order valence-corrected chi connectivity index (χ4v) is 3.81. The van der Waals surface area contributed by atoms with Crippen molar-refractivity contribution in [3.63, 3.8) is 0 Å². The van der Waals surface area contributed by atoms with Crippen LogP contribution in [-0.4, -0.2) is 25.1 Å². The van der Waals surface area contributed by atoms with Gasteiger partial charge in [0.1, 0.15) is 11.6 Å². The highest BCUT2D eigenvalue weighted by atomic mass is 32.1. The number of guanidine groups is 1. The summed E-state index contributed by atoms with van der Waals surface area (Å²) in [7, 11) is 3.42. The van der Waals surface area contributed by atoms with E-state index >= 15 is 0 Å². The molecular formula is C24H30N4O2S. The summed E-state index contributed by atoms with van der Waals surface area (Å²) in [5.41, 5.74) is 3.32. The predicted molar refractivity (Wildman–Crippen MR) is 127 cm³/mol. The molecule has 0 atom stereocenters. The van der Waals surface area contributed by atoms with Gasteiger partial charge in [-0.2, -0.15) is 0 Å². The van der Waals surface area contributed by atoms with Gasteiger partial charge >= 0.3 is 0 Å². The lowest BCUT2D eigenvalue weighted by atomic mass is 10.2. The number of ether oxygens (including phenoxy) is 2. The molecule has 31 heavy (non-hydrogen) atoms. The highest BCUT2D eigenvalue weighted by Gasteiger charge is 2.09. The minimum atomic E-state index is 0.442. The normalized spacial score (nSPS) is 11.5. The molecule has 2 N–H and O–H groups in total. The molecule has 0 aliphatic rings. The molecule has 0 fully saturated rings. The van der Waals surface area contributed by atoms with E-state index in [-0.39, 0.29) is 0 Å². The molecule has 1 aromatic heterocycles. The smallest absolute Gasteiger partial charge is 0.191 e. The van der Waals surface area contributed by atoms with E-state index in [2.05, 4.69) is 39.8 Å². The molecule has 0 bridgehead atoms. The summed E-state index contributed by atoms with van der Waals surface area (Å²) in [6, 6.07) is 16.0. The van der Waals surface area contributed by atoms with Crippen LogP contribution in [0, 0.1) is 0 Å². The summed E-state index contributed by atoms with van der Waals surface area (Å²) in [5, 5.41) is 9.82. The van der Waals surface area contributed by atoms with E-state index in [0.717, 1.165) is 33.5 Å². The Morgan fingerprint density at radius 1 is 1.03 bits per heavy atom. The number of hydrogen-bond donors (Lipinski definition) is 2. The van der Waals surface area contributed by atoms with E-state index in [1.54, 1.807) is 25.5 Å². The van der Waals surface area contributed by atoms with Gasteiger partial charge in [0.05, 0.1) is 19.3 Å². The van der Waals surface area contributed by atoms with Gasteiger partial charge in [-0.1, -0.05) is 50.2 Å². The third-order valence-electron chi connectivity index (χ3n) is 4.72. The van der Waals surface area contributed by atoms with Crippen LogP contribution in [0.15, 0.2) is 58.9 Å². The second-order valence-corrected chi connectivity index (χ2v) is 8.30. The van der Waals surface area contributed by atoms with Crippen LogP contribution < -0.4 is 20.1 Å². The second-order valence-electron chi connectivity index (χ2n) is 7.36. The molecule has 0 aliphatic heterocycles. The number of thiazole rings is 1. The van der Waals surface area contributed by atoms with Crippen LogP contribution in [0.5, 0.6) is 11.5 Å². The molecule has 0 unspecified atom stereocenters. The van der Waals surface area contributed by atoms with Gasteiger partial charge in [0.2, 0.25) is 0 Å². The minimum Gasteiger partial charge on any atom is -0.493 e. The number of nitrogens with zero attached hydrogens (tertiary/aromatic N) is 2. The summed E-state index contributed by atoms with van der Waals surface area (Å²) in [6.45, 7) is 6.06. The van der Waals surface area contributed by atoms with Crippen molar-refractivity contribution in [2.75, 3.05) is 14.2 Å². The summed E-state index contributed by atoms with van der Waals surface area (Å²) >= 11 is 1.67. The maximum atomic E-state index is 5.93. The van der Waals surface area contributed by atoms with Crippen LogP contribution >= 0.6 is 11.3 Å². The number of methoxy groups -OCH3 is 1. The van der Waals surface area contributed by atoms with Crippen LogP contribution in [0.3, 0.4) is 0 Å². The fourth-order valence-electron chi connectivity index (χ4n) is 2.91. The Morgan fingerprint density at radius 3 is 2.48 bits per heavy atom. The van der Waals surface area contributed by atoms with E-state index in [4.69, 9.17) is 9.47 Å². The average Bonchev–Trinajstić information content (AvgIpc) is 3.28. The first-order chi connectivity index (χ1) is 15.1. The SMILES string of the molecule is CN=C(NCc1ccc(OCc2ccccc2)c(OC)c1)NCc1nc(C(C)C)cs1. The van der Waals surface area contributed by atoms with Gasteiger partial charge in [-0.05, 0) is 29.2 Å². The Bertz CT molecular complexity index is 986. The van der Waals surface area contributed by atoms with Crippen LogP contribution in [-0.2, 0) is 19.7 Å². The molecule has 0 saturated heterocycles. The van der Waals surface area contributed by atoms with E-state index in [9.17, 15) is 0 Å². The Hall–Kier alpha value is -3.06. The number of aromatic nitrogens is 1. The van der Waals surface area contributed by atoms with Gasteiger partial charge in [-0.3, -0.25) is 4.99 Å². The Labute approximate surface area is 188 Å². The van der Waals surface area contributed by atoms with E-state index in [1.807, 2.05) is 48.5 Å². The van der Waals surface area contributed by atoms with E-state index in [1.165, 1.54) is 0 Å². The highest BCUT2D eigenvalue weighted by Crippen LogP contribution is 2.28. The summed E-state index contributed by atoms with van der Waals surface area (Å²) in [5.74, 6) is 2.60. The third-order valence-corrected chi connectivity index (χ3v) is 5.58. The van der Waals surface area contributed by atoms with Crippen LogP contribution in [0.1, 0.15) is 41.6 Å². The van der Waals surface area contributed by atoms with E-state index in [0.29, 0.717) is 31.4 Å². The molecule has 0 aliphatic carbocycles. The predicted octanol–water partition coefficient (Wildman–Crippen LogP) is 4.72. The van der Waals surface area contributed by atoms with Crippen LogP contribution in [0.25, 0.3) is 0 Å². The largest absolute Gasteiger partial charge is 0.493 e. The van der Waals surface area contributed by atoms with Gasteiger partial charge in [0.25, 0.3) is 0 Å². The van der Waals surface area contributed by atoms with Crippen LogP contribution in [0.4, 0.5) is 0 Å². The van der Waals surface area contributed by atoms with Crippen molar-refractivity contribution in [2.24, 2.45) is 4.99 Å². The summed E-state index contributed by atoms with van der Waals surface area (Å²) in [4.78, 5) is 8.95. The molecule has 164 valence electrons. The van der Waals surface area contributed by atoms with Gasteiger partial charge in [-0.15, -0.1) is 11.3 Å². The maximum Gasteiger partial charge on any atom is 0.191 e. The molecular weight excluding hydrogens is 408 g/mol. The Balaban J connectivity index is 1.53. The first-order valence-corrected chi connectivity index (χ1v) is 11.2. The van der Waals surface area contributed by atoms with Crippen molar-refractivity contribution in [1.29, 1.82) is 0 Å². The number of rotatable bonds is 9. The molecule has 0 amide bonds. The van der Waals surface area contributed by atoms with Crippen molar-refractivity contribution >= 4 is 17.3 Å². The van der Waals surface area contributed by atoms with E-state index < -0.39 is 0 Å². The second kappa shape index (κ2) is 11.4. The standard InChI is InChI=1S/C24H30N4O2S/c1-17(2)20-16-31-23(28-20)14-27-24(25-3)26-13-19-10-11-21(22(12-19)29-4)30-15-18-8-6-5-7-9-18/h5-12,16-17H,13-15H2,1-4H3,(H2,25,26,27). The zero-order valence-corrected chi connectivity index (χ0v) is 19.3. The minimum absolute atomic E-state index is 0.442. The molecule has 3 aromatic rings. The molecule has 1 heterocycles. The van der Waals surface area contributed by atoms with Crippen molar-refractivity contribution in [2.45, 2.75) is 39.5 Å². The maximum absolute atomic E-state index is 5.93. The van der Waals surface area contributed by atoms with Gasteiger partial charge < -0.3 is 20.1 Å². The van der Waals surface area contributed by atoms with Crippen molar-refractivity contribution < 1.29 is 9.47 Å². The lowest BCUT2D eigenvalue weighted by Crippen LogP contribution is -2.36. The summed E-state index contributed by atoms with van der Waals surface area (Å²) in [6.07, 6.45) is 0. The third kappa shape index (κ3) is 6.72. The quantitative estimate of drug-likeness (QED) is 0.374. The van der Waals surface area contributed by atoms with Crippen molar-refractivity contribution in [3.05, 3.63) is 75.7 Å². The lowest BCUT2D eigenvalue weighted by molar-refractivity contribution is 0.284. The lowest BCUT2D eigenvalue weighted by Gasteiger charge is -2.14. The van der Waals surface area contributed by atoms with Gasteiger partial charge in [0.15, 0.2) is 17.5 Å². The molecule has 6 nitrogen and oxygen atoms in total. The first-order valence-electron chi connectivity index (χ1n) is 10.3. The average molecular weight is 439 g/mol. The van der Waals surface area contributed by atoms with Crippen molar-refractivity contribution in [3.8, 4) is 11.5 Å². The molecule has 7 heteroatoms. The molecule has 0 spiro atoms. The molecule has 3 rings (SSSR count). The number of benzene rings is 2. The van der Waals surface area contributed by atoms with Gasteiger partial charge in [-0.25, -0.2) is 4.98 Å². The zero-order valence-electron chi connectivity index (χ0n) is 18.5. The molecule has 0 saturated carbocycles. The molecule has 2 aromatic carbocycles. The number of aliphatic imine (C=N–C) groups is 1. The topological polar surface area (TPSA) is 67.8 Å². The number of hydrogen-bond acceptors (Lipinski definition) is 5. The number of nitrogens with one attached hydrogen (secondary N) is 2. The molecule has 0 radical (unpaired) electrons. The zero-order chi connectivity index (χ0) is 22.1. The van der Waals surface area contributed by atoms with Gasteiger partial charge in [0, 0.05) is 19.0 Å².